The zero-order valence-corrected chi connectivity index (χ0v) is 9.06. The molecule has 0 fully saturated rings. The molecule has 2 rings (SSSR count). The van der Waals surface area contributed by atoms with E-state index < -0.39 is 0 Å². The van der Waals surface area contributed by atoms with Crippen molar-refractivity contribution in [1.29, 1.82) is 0 Å². The van der Waals surface area contributed by atoms with Crippen molar-refractivity contribution in [3.63, 3.8) is 0 Å². The van der Waals surface area contributed by atoms with Gasteiger partial charge >= 0.3 is 0 Å². The lowest BCUT2D eigenvalue weighted by molar-refractivity contribution is 0.833. The van der Waals surface area contributed by atoms with Crippen LogP contribution in [-0.4, -0.2) is 4.57 Å². The molecule has 0 bridgehead atoms. The van der Waals surface area contributed by atoms with Crippen LogP contribution >= 0.6 is 11.6 Å². The van der Waals surface area contributed by atoms with Gasteiger partial charge in [-0.1, -0.05) is 35.9 Å². The maximum absolute atomic E-state index is 5.80. The van der Waals surface area contributed by atoms with Gasteiger partial charge in [0.15, 0.2) is 0 Å². The van der Waals surface area contributed by atoms with Crippen molar-refractivity contribution in [3.05, 3.63) is 65.5 Å². The molecule has 0 amide bonds. The quantitative estimate of drug-likeness (QED) is 0.736. The highest BCUT2D eigenvalue weighted by Gasteiger charge is 1.87. The minimum atomic E-state index is 0.776. The first-order valence-electron chi connectivity index (χ1n) is 4.87. The Morgan fingerprint density at radius 2 is 1.73 bits per heavy atom. The summed E-state index contributed by atoms with van der Waals surface area (Å²) in [7, 11) is 0. The highest BCUT2D eigenvalue weighted by Crippen LogP contribution is 2.10. The predicted molar refractivity (Wildman–Crippen MR) is 64.9 cm³/mol. The maximum Gasteiger partial charge on any atom is 0.0406 e. The minimum Gasteiger partial charge on any atom is -0.350 e. The van der Waals surface area contributed by atoms with Gasteiger partial charge in [0.2, 0.25) is 0 Å². The minimum absolute atomic E-state index is 0.776. The van der Waals surface area contributed by atoms with Crippen LogP contribution in [0.3, 0.4) is 0 Å². The van der Waals surface area contributed by atoms with Crippen LogP contribution in [0.5, 0.6) is 0 Å². The predicted octanol–water partition coefficient (Wildman–Crippen LogP) is 3.85. The molecule has 0 unspecified atom stereocenters. The summed E-state index contributed by atoms with van der Waals surface area (Å²) in [5.74, 6) is 0. The smallest absolute Gasteiger partial charge is 0.0406 e. The van der Waals surface area contributed by atoms with E-state index in [0.717, 1.165) is 11.6 Å². The van der Waals surface area contributed by atoms with E-state index in [1.807, 2.05) is 48.8 Å². The molecule has 0 radical (unpaired) electrons. The first-order chi connectivity index (χ1) is 7.34. The van der Waals surface area contributed by atoms with E-state index in [9.17, 15) is 0 Å². The molecule has 1 nitrogen and oxygen atoms in total. The lowest BCUT2D eigenvalue weighted by atomic mass is 10.2. The molecular weight excluding hydrogens is 206 g/mol. The lowest BCUT2D eigenvalue weighted by Gasteiger charge is -1.96. The van der Waals surface area contributed by atoms with Gasteiger partial charge < -0.3 is 4.57 Å². The molecule has 0 spiro atoms. The largest absolute Gasteiger partial charge is 0.350 e. The van der Waals surface area contributed by atoms with Gasteiger partial charge in [0.1, 0.15) is 0 Å². The molecule has 76 valence electrons. The van der Waals surface area contributed by atoms with Crippen molar-refractivity contribution in [2.75, 3.05) is 0 Å². The van der Waals surface area contributed by atoms with E-state index in [1.54, 1.807) is 0 Å². The van der Waals surface area contributed by atoms with E-state index >= 15 is 0 Å². The Hall–Kier alpha value is -1.47. The van der Waals surface area contributed by atoms with Crippen LogP contribution in [-0.2, 0) is 6.54 Å². The molecule has 0 aliphatic rings. The standard InChI is InChI=1S/C13H12ClN/c14-13-7-5-12(6-8-13)4-3-11-15-9-1-2-10-15/h1-10H,11H2. The number of aromatic nitrogens is 1. The Morgan fingerprint density at radius 3 is 2.40 bits per heavy atom. The Balaban J connectivity index is 1.97. The van der Waals surface area contributed by atoms with E-state index in [0.29, 0.717) is 0 Å². The lowest BCUT2D eigenvalue weighted by Crippen LogP contribution is -1.88. The number of nitrogens with zero attached hydrogens (tertiary/aromatic N) is 1. The van der Waals surface area contributed by atoms with Gasteiger partial charge in [-0.3, -0.25) is 0 Å². The normalized spacial score (nSPS) is 11.0. The van der Waals surface area contributed by atoms with Crippen LogP contribution in [0, 0.1) is 0 Å². The second-order valence-electron chi connectivity index (χ2n) is 3.33. The van der Waals surface area contributed by atoms with Crippen molar-refractivity contribution in [1.82, 2.24) is 4.57 Å². The number of allylic oxidation sites excluding steroid dienone is 1. The zero-order chi connectivity index (χ0) is 10.5. The SMILES string of the molecule is Clc1ccc(C=CCn2cccc2)cc1. The summed E-state index contributed by atoms with van der Waals surface area (Å²) < 4.78 is 2.12. The molecule has 1 heterocycles. The van der Waals surface area contributed by atoms with Gasteiger partial charge in [0, 0.05) is 24.0 Å². The average Bonchev–Trinajstić information content (AvgIpc) is 2.74. The van der Waals surface area contributed by atoms with Gasteiger partial charge in [-0.05, 0) is 29.8 Å². The van der Waals surface area contributed by atoms with Crippen LogP contribution in [0.2, 0.25) is 5.02 Å². The summed E-state index contributed by atoms with van der Waals surface area (Å²) in [5.41, 5.74) is 1.17. The Bertz CT molecular complexity index is 426. The highest BCUT2D eigenvalue weighted by atomic mass is 35.5. The highest BCUT2D eigenvalue weighted by molar-refractivity contribution is 6.30. The van der Waals surface area contributed by atoms with Crippen molar-refractivity contribution in [2.45, 2.75) is 6.54 Å². The molecule has 0 N–H and O–H groups in total. The topological polar surface area (TPSA) is 4.93 Å². The van der Waals surface area contributed by atoms with E-state index in [1.165, 1.54) is 5.56 Å². The maximum atomic E-state index is 5.80. The zero-order valence-electron chi connectivity index (χ0n) is 8.31. The summed E-state index contributed by atoms with van der Waals surface area (Å²) in [6, 6.07) is 11.9. The first kappa shape index (κ1) is 10.1. The van der Waals surface area contributed by atoms with Crippen LogP contribution < -0.4 is 0 Å². The summed E-state index contributed by atoms with van der Waals surface area (Å²) in [4.78, 5) is 0. The fourth-order valence-electron chi connectivity index (χ4n) is 1.38. The van der Waals surface area contributed by atoms with Gasteiger partial charge in [0.05, 0.1) is 0 Å². The number of hydrogen-bond donors (Lipinski definition) is 0. The van der Waals surface area contributed by atoms with Crippen LogP contribution in [0.4, 0.5) is 0 Å². The van der Waals surface area contributed by atoms with Gasteiger partial charge in [-0.15, -0.1) is 0 Å². The number of benzene rings is 1. The molecule has 2 aromatic rings. The van der Waals surface area contributed by atoms with Gasteiger partial charge in [-0.2, -0.15) is 0 Å². The van der Waals surface area contributed by atoms with Crippen molar-refractivity contribution < 1.29 is 0 Å². The number of hydrogen-bond acceptors (Lipinski definition) is 0. The molecular formula is C13H12ClN. The summed E-state index contributed by atoms with van der Waals surface area (Å²) >= 11 is 5.80. The Labute approximate surface area is 94.6 Å². The fourth-order valence-corrected chi connectivity index (χ4v) is 1.50. The average molecular weight is 218 g/mol. The third kappa shape index (κ3) is 3.00. The number of halogens is 1. The molecule has 0 atom stereocenters. The fraction of sp³-hybridized carbons (Fsp3) is 0.0769. The molecule has 0 aliphatic heterocycles. The second kappa shape index (κ2) is 4.85. The van der Waals surface area contributed by atoms with Crippen LogP contribution in [0.15, 0.2) is 54.9 Å². The number of rotatable bonds is 3. The molecule has 0 saturated carbocycles. The molecule has 2 heteroatoms. The van der Waals surface area contributed by atoms with Crippen LogP contribution in [0.25, 0.3) is 6.08 Å². The molecule has 1 aromatic heterocycles. The first-order valence-corrected chi connectivity index (χ1v) is 5.25. The molecule has 1 aromatic carbocycles. The summed E-state index contributed by atoms with van der Waals surface area (Å²) in [6.07, 6.45) is 8.32. The van der Waals surface area contributed by atoms with Gasteiger partial charge in [-0.25, -0.2) is 0 Å². The van der Waals surface area contributed by atoms with Crippen molar-refractivity contribution >= 4 is 17.7 Å². The third-order valence-electron chi connectivity index (χ3n) is 2.16. The van der Waals surface area contributed by atoms with Crippen molar-refractivity contribution in [2.24, 2.45) is 0 Å². The molecule has 0 aliphatic carbocycles. The van der Waals surface area contributed by atoms with E-state index in [-0.39, 0.29) is 0 Å². The Kier molecular flexibility index (Phi) is 3.25. The summed E-state index contributed by atoms with van der Waals surface area (Å²) in [5, 5.41) is 0.776. The van der Waals surface area contributed by atoms with Crippen molar-refractivity contribution in [3.8, 4) is 0 Å². The third-order valence-corrected chi connectivity index (χ3v) is 2.41. The van der Waals surface area contributed by atoms with Gasteiger partial charge in [0.25, 0.3) is 0 Å². The monoisotopic (exact) mass is 217 g/mol. The van der Waals surface area contributed by atoms with Crippen LogP contribution in [0.1, 0.15) is 5.56 Å². The van der Waals surface area contributed by atoms with E-state index in [2.05, 4.69) is 16.7 Å². The Morgan fingerprint density at radius 1 is 1.07 bits per heavy atom. The summed E-state index contributed by atoms with van der Waals surface area (Å²) in [6.45, 7) is 0.898. The second-order valence-corrected chi connectivity index (χ2v) is 3.77. The van der Waals surface area contributed by atoms with E-state index in [4.69, 9.17) is 11.6 Å². The molecule has 0 saturated heterocycles. The molecule has 15 heavy (non-hydrogen) atoms.